The van der Waals surface area contributed by atoms with Crippen LogP contribution in [0.3, 0.4) is 0 Å². The summed E-state index contributed by atoms with van der Waals surface area (Å²) >= 11 is 0. The molecule has 1 spiro atoms. The first-order chi connectivity index (χ1) is 17.2. The minimum absolute atomic E-state index is 0.0381. The van der Waals surface area contributed by atoms with E-state index in [9.17, 15) is 26.6 Å². The summed E-state index contributed by atoms with van der Waals surface area (Å²) in [5, 5.41) is 2.81. The third-order valence-electron chi connectivity index (χ3n) is 6.33. The Morgan fingerprint density at radius 2 is 1.78 bits per heavy atom. The van der Waals surface area contributed by atoms with Gasteiger partial charge >= 0.3 is 6.18 Å². The molecule has 8 nitrogen and oxygen atoms in total. The molecule has 0 bridgehead atoms. The normalized spacial score (nSPS) is 19.8. The summed E-state index contributed by atoms with van der Waals surface area (Å²) in [5.74, 6) is -1.99. The number of hydrogen-bond donors (Lipinski definition) is 1. The molecule has 5 rings (SSSR count). The SMILES string of the molecule is O=C(NCc1cc(-c2cnc(C(F)(F)F)nc2)ncn1)C1CCC2(CC2)N1S(=O)c1ccc(F)cc1. The summed E-state index contributed by atoms with van der Waals surface area (Å²) in [7, 11) is -1.62. The van der Waals surface area contributed by atoms with Gasteiger partial charge in [0.1, 0.15) is 29.2 Å². The fraction of sp³-hybridized carbons (Fsp3) is 0.348. The van der Waals surface area contributed by atoms with Gasteiger partial charge in [-0.25, -0.2) is 32.8 Å². The molecule has 2 fully saturated rings. The van der Waals surface area contributed by atoms with Gasteiger partial charge in [-0.05, 0) is 56.0 Å². The summed E-state index contributed by atoms with van der Waals surface area (Å²) in [5.41, 5.74) is 0.718. The van der Waals surface area contributed by atoms with E-state index in [-0.39, 0.29) is 23.6 Å². The first-order valence-electron chi connectivity index (χ1n) is 11.1. The number of amides is 1. The Morgan fingerprint density at radius 3 is 2.42 bits per heavy atom. The van der Waals surface area contributed by atoms with E-state index in [1.165, 1.54) is 36.7 Å². The van der Waals surface area contributed by atoms with E-state index in [4.69, 9.17) is 0 Å². The third-order valence-corrected chi connectivity index (χ3v) is 8.00. The van der Waals surface area contributed by atoms with Gasteiger partial charge in [0.15, 0.2) is 0 Å². The molecule has 13 heteroatoms. The smallest absolute Gasteiger partial charge is 0.349 e. The first-order valence-corrected chi connectivity index (χ1v) is 12.2. The van der Waals surface area contributed by atoms with E-state index < -0.39 is 34.8 Å². The lowest BCUT2D eigenvalue weighted by Gasteiger charge is -2.28. The van der Waals surface area contributed by atoms with Crippen LogP contribution in [0.25, 0.3) is 11.3 Å². The number of rotatable bonds is 6. The maximum Gasteiger partial charge on any atom is 0.451 e. The monoisotopic (exact) mass is 520 g/mol. The first kappa shape index (κ1) is 24.4. The molecule has 36 heavy (non-hydrogen) atoms. The van der Waals surface area contributed by atoms with E-state index >= 15 is 0 Å². The van der Waals surface area contributed by atoms with Crippen molar-refractivity contribution in [3.8, 4) is 11.3 Å². The van der Waals surface area contributed by atoms with E-state index in [1.807, 2.05) is 0 Å². The average Bonchev–Trinajstić information content (AvgIpc) is 3.54. The van der Waals surface area contributed by atoms with Gasteiger partial charge < -0.3 is 5.32 Å². The highest BCUT2D eigenvalue weighted by Gasteiger charge is 2.58. The molecule has 1 saturated carbocycles. The molecule has 1 saturated heterocycles. The quantitative estimate of drug-likeness (QED) is 0.500. The maximum atomic E-state index is 13.3. The molecule has 1 amide bonds. The standard InChI is InChI=1S/C23H20F4N6O2S/c24-15-1-3-17(4-2-15)36(35)33-19(5-6-22(33)7-8-22)20(34)28-12-16-9-18(32-13-31-16)14-10-29-21(30-11-14)23(25,26)27/h1-4,9-11,13,19H,5-8,12H2,(H,28,34). The van der Waals surface area contributed by atoms with Crippen molar-refractivity contribution >= 4 is 16.9 Å². The Hall–Kier alpha value is -3.32. The Bertz CT molecular complexity index is 1300. The third kappa shape index (κ3) is 4.85. The fourth-order valence-electron chi connectivity index (χ4n) is 4.33. The second-order valence-corrected chi connectivity index (χ2v) is 10.1. The van der Waals surface area contributed by atoms with Gasteiger partial charge in [0.05, 0.1) is 22.8 Å². The highest BCUT2D eigenvalue weighted by Crippen LogP contribution is 2.53. The average molecular weight is 521 g/mol. The number of benzene rings is 1. The van der Waals surface area contributed by atoms with Gasteiger partial charge in [-0.15, -0.1) is 0 Å². The molecular weight excluding hydrogens is 500 g/mol. The summed E-state index contributed by atoms with van der Waals surface area (Å²) in [4.78, 5) is 28.4. The van der Waals surface area contributed by atoms with Crippen molar-refractivity contribution in [2.45, 2.75) is 54.9 Å². The fourth-order valence-corrected chi connectivity index (χ4v) is 5.98. The number of aromatic nitrogens is 4. The number of nitrogens with one attached hydrogen (secondary N) is 1. The van der Waals surface area contributed by atoms with E-state index in [1.54, 1.807) is 4.31 Å². The minimum Gasteiger partial charge on any atom is -0.349 e. The van der Waals surface area contributed by atoms with Crippen LogP contribution in [0.5, 0.6) is 0 Å². The van der Waals surface area contributed by atoms with E-state index in [0.29, 0.717) is 22.7 Å². The minimum atomic E-state index is -4.65. The number of carbonyl (C=O) groups is 1. The van der Waals surface area contributed by atoms with Crippen LogP contribution in [0.15, 0.2) is 53.9 Å². The van der Waals surface area contributed by atoms with Crippen LogP contribution in [-0.4, -0.2) is 45.9 Å². The summed E-state index contributed by atoms with van der Waals surface area (Å²) < 4.78 is 66.5. The van der Waals surface area contributed by atoms with Gasteiger partial charge in [-0.2, -0.15) is 13.2 Å². The maximum absolute atomic E-state index is 13.3. The van der Waals surface area contributed by atoms with Crippen molar-refractivity contribution in [2.24, 2.45) is 0 Å². The molecule has 3 aromatic rings. The molecular formula is C23H20F4N6O2S. The summed E-state index contributed by atoms with van der Waals surface area (Å²) in [6, 6.07) is 6.31. The lowest BCUT2D eigenvalue weighted by molar-refractivity contribution is -0.145. The number of nitrogens with zero attached hydrogens (tertiary/aromatic N) is 5. The predicted molar refractivity (Wildman–Crippen MR) is 120 cm³/mol. The van der Waals surface area contributed by atoms with Crippen LogP contribution in [-0.2, 0) is 28.5 Å². The Balaban J connectivity index is 1.28. The van der Waals surface area contributed by atoms with Crippen LogP contribution in [0.1, 0.15) is 37.2 Å². The lowest BCUT2D eigenvalue weighted by atomic mass is 10.1. The zero-order valence-electron chi connectivity index (χ0n) is 18.7. The molecule has 1 aromatic carbocycles. The van der Waals surface area contributed by atoms with Crippen LogP contribution in [0.2, 0.25) is 0 Å². The van der Waals surface area contributed by atoms with Gasteiger partial charge in [0, 0.05) is 23.5 Å². The van der Waals surface area contributed by atoms with Crippen LogP contribution >= 0.6 is 0 Å². The van der Waals surface area contributed by atoms with Crippen molar-refractivity contribution in [2.75, 3.05) is 0 Å². The summed E-state index contributed by atoms with van der Waals surface area (Å²) in [6.45, 7) is 0.0381. The van der Waals surface area contributed by atoms with E-state index in [2.05, 4.69) is 25.3 Å². The lowest BCUT2D eigenvalue weighted by Crippen LogP contribution is -2.47. The zero-order valence-corrected chi connectivity index (χ0v) is 19.5. The molecule has 2 aromatic heterocycles. The van der Waals surface area contributed by atoms with Crippen LogP contribution in [0, 0.1) is 5.82 Å². The predicted octanol–water partition coefficient (Wildman–Crippen LogP) is 3.43. The molecule has 0 radical (unpaired) electrons. The number of alkyl halides is 3. The highest BCUT2D eigenvalue weighted by atomic mass is 32.2. The number of carbonyl (C=O) groups excluding carboxylic acids is 1. The van der Waals surface area contributed by atoms with Gasteiger partial charge in [-0.1, -0.05) is 0 Å². The molecule has 1 aliphatic heterocycles. The number of hydrogen-bond acceptors (Lipinski definition) is 6. The van der Waals surface area contributed by atoms with Gasteiger partial charge in [0.25, 0.3) is 0 Å². The molecule has 2 aliphatic rings. The van der Waals surface area contributed by atoms with Crippen LogP contribution in [0.4, 0.5) is 17.6 Å². The molecule has 1 N–H and O–H groups in total. The van der Waals surface area contributed by atoms with Crippen molar-refractivity contribution < 1.29 is 26.6 Å². The molecule has 1 aliphatic carbocycles. The largest absolute Gasteiger partial charge is 0.451 e. The topological polar surface area (TPSA) is 101 Å². The van der Waals surface area contributed by atoms with Gasteiger partial charge in [0.2, 0.25) is 11.7 Å². The summed E-state index contributed by atoms with van der Waals surface area (Å²) in [6.07, 6.45) is 1.60. The van der Waals surface area contributed by atoms with Crippen molar-refractivity contribution in [3.05, 3.63) is 66.4 Å². The molecule has 188 valence electrons. The number of halogens is 4. The van der Waals surface area contributed by atoms with Crippen LogP contribution < -0.4 is 5.32 Å². The molecule has 3 heterocycles. The molecule has 2 atom stereocenters. The zero-order chi connectivity index (χ0) is 25.5. The molecule has 2 unspecified atom stereocenters. The van der Waals surface area contributed by atoms with Gasteiger partial charge in [-0.3, -0.25) is 4.79 Å². The Morgan fingerprint density at radius 1 is 1.08 bits per heavy atom. The second-order valence-electron chi connectivity index (χ2n) is 8.71. The van der Waals surface area contributed by atoms with Crippen molar-refractivity contribution in [1.82, 2.24) is 29.6 Å². The van der Waals surface area contributed by atoms with Crippen molar-refractivity contribution in [1.29, 1.82) is 0 Å². The van der Waals surface area contributed by atoms with Crippen molar-refractivity contribution in [3.63, 3.8) is 0 Å². The Kier molecular flexibility index (Phi) is 6.29. The second kappa shape index (κ2) is 9.28. The highest BCUT2D eigenvalue weighted by molar-refractivity contribution is 7.82. The Labute approximate surface area is 205 Å². The van der Waals surface area contributed by atoms with E-state index in [0.717, 1.165) is 31.7 Å².